The van der Waals surface area contributed by atoms with Crippen LogP contribution in [0.2, 0.25) is 0 Å². The monoisotopic (exact) mass is 200 g/mol. The third-order valence-corrected chi connectivity index (χ3v) is 2.07. The Morgan fingerprint density at radius 1 is 1.29 bits per heavy atom. The summed E-state index contributed by atoms with van der Waals surface area (Å²) in [5, 5.41) is 4.37. The van der Waals surface area contributed by atoms with Crippen LogP contribution in [-0.2, 0) is 13.2 Å². The minimum Gasteiger partial charge on any atom is -0.268 e. The van der Waals surface area contributed by atoms with E-state index in [0.717, 1.165) is 12.1 Å². The molecule has 0 atom stereocenters. The third-order valence-electron chi connectivity index (χ3n) is 2.07. The highest BCUT2D eigenvalue weighted by molar-refractivity contribution is 5.79. The molecule has 2 nitrogen and oxygen atoms in total. The second-order valence-corrected chi connectivity index (χ2v) is 3.04. The minimum atomic E-state index is -4.29. The van der Waals surface area contributed by atoms with Gasteiger partial charge in [-0.05, 0) is 18.2 Å². The molecular weight excluding hydrogens is 193 g/mol. The molecule has 0 spiro atoms. The molecule has 0 amide bonds. The van der Waals surface area contributed by atoms with E-state index in [1.807, 2.05) is 0 Å². The topological polar surface area (TPSA) is 17.8 Å². The Kier molecular flexibility index (Phi) is 1.77. The first kappa shape index (κ1) is 9.05. The second-order valence-electron chi connectivity index (χ2n) is 3.04. The first-order chi connectivity index (χ1) is 6.48. The Morgan fingerprint density at radius 2 is 2.00 bits per heavy atom. The fourth-order valence-corrected chi connectivity index (χ4v) is 1.34. The fourth-order valence-electron chi connectivity index (χ4n) is 1.34. The number of fused-ring (bicyclic) bond motifs is 1. The standard InChI is InChI=1S/C9H7F3N2/c1-14-8-3-2-7(9(10,11)12)4-6(8)5-13-14/h2-5H,1H3. The van der Waals surface area contributed by atoms with Crippen LogP contribution in [0.15, 0.2) is 24.4 Å². The number of hydrogen-bond acceptors (Lipinski definition) is 1. The molecule has 0 aliphatic carbocycles. The molecule has 0 saturated carbocycles. The van der Waals surface area contributed by atoms with Crippen LogP contribution in [0, 0.1) is 0 Å². The van der Waals surface area contributed by atoms with Gasteiger partial charge in [-0.25, -0.2) is 0 Å². The Labute approximate surface area is 77.9 Å². The molecule has 0 saturated heterocycles. The molecule has 0 fully saturated rings. The number of alkyl halides is 3. The van der Waals surface area contributed by atoms with Gasteiger partial charge in [-0.1, -0.05) is 0 Å². The Morgan fingerprint density at radius 3 is 2.64 bits per heavy atom. The minimum absolute atomic E-state index is 0.502. The quantitative estimate of drug-likeness (QED) is 0.639. The number of rotatable bonds is 0. The van der Waals surface area contributed by atoms with Crippen LogP contribution < -0.4 is 0 Å². The van der Waals surface area contributed by atoms with Gasteiger partial charge in [0.25, 0.3) is 0 Å². The zero-order chi connectivity index (χ0) is 10.3. The van der Waals surface area contributed by atoms with Gasteiger partial charge in [0.15, 0.2) is 0 Å². The van der Waals surface area contributed by atoms with Gasteiger partial charge in [0.1, 0.15) is 0 Å². The van der Waals surface area contributed by atoms with Crippen LogP contribution >= 0.6 is 0 Å². The van der Waals surface area contributed by atoms with Crippen molar-refractivity contribution in [3.63, 3.8) is 0 Å². The van der Waals surface area contributed by atoms with Crippen molar-refractivity contribution < 1.29 is 13.2 Å². The zero-order valence-electron chi connectivity index (χ0n) is 7.34. The maximum Gasteiger partial charge on any atom is 0.416 e. The summed E-state index contributed by atoms with van der Waals surface area (Å²) in [6.07, 6.45) is -2.87. The lowest BCUT2D eigenvalue weighted by Gasteiger charge is -2.05. The number of hydrogen-bond donors (Lipinski definition) is 0. The first-order valence-corrected chi connectivity index (χ1v) is 3.97. The Bertz CT molecular complexity index is 470. The van der Waals surface area contributed by atoms with E-state index in [2.05, 4.69) is 5.10 Å². The van der Waals surface area contributed by atoms with E-state index in [4.69, 9.17) is 0 Å². The van der Waals surface area contributed by atoms with E-state index in [1.165, 1.54) is 16.9 Å². The van der Waals surface area contributed by atoms with Crippen molar-refractivity contribution in [2.24, 2.45) is 7.05 Å². The predicted molar refractivity (Wildman–Crippen MR) is 45.7 cm³/mol. The van der Waals surface area contributed by atoms with E-state index >= 15 is 0 Å². The molecule has 0 unspecified atom stereocenters. The summed E-state index contributed by atoms with van der Waals surface area (Å²) in [6, 6.07) is 3.58. The van der Waals surface area contributed by atoms with Gasteiger partial charge in [0, 0.05) is 12.4 Å². The smallest absolute Gasteiger partial charge is 0.268 e. The lowest BCUT2D eigenvalue weighted by Crippen LogP contribution is -2.04. The van der Waals surface area contributed by atoms with Gasteiger partial charge >= 0.3 is 6.18 Å². The van der Waals surface area contributed by atoms with Gasteiger partial charge < -0.3 is 0 Å². The van der Waals surface area contributed by atoms with Crippen LogP contribution in [0.25, 0.3) is 10.9 Å². The fraction of sp³-hybridized carbons (Fsp3) is 0.222. The van der Waals surface area contributed by atoms with Gasteiger partial charge in [-0.15, -0.1) is 0 Å². The molecule has 1 heterocycles. The van der Waals surface area contributed by atoms with E-state index in [1.54, 1.807) is 7.05 Å². The van der Waals surface area contributed by atoms with Crippen molar-refractivity contribution >= 4 is 10.9 Å². The summed E-state index contributed by atoms with van der Waals surface area (Å²) < 4.78 is 38.4. The summed E-state index contributed by atoms with van der Waals surface area (Å²) in [5.74, 6) is 0. The molecular formula is C9H7F3N2. The number of nitrogens with zero attached hydrogens (tertiary/aromatic N) is 2. The molecule has 0 radical (unpaired) electrons. The number of aryl methyl sites for hydroxylation is 1. The van der Waals surface area contributed by atoms with E-state index in [-0.39, 0.29) is 0 Å². The summed E-state index contributed by atoms with van der Waals surface area (Å²) in [7, 11) is 1.69. The van der Waals surface area contributed by atoms with E-state index in [0.29, 0.717) is 10.9 Å². The number of benzene rings is 1. The summed E-state index contributed by atoms with van der Waals surface area (Å²) in [5.41, 5.74) is 0.0519. The Hall–Kier alpha value is -1.52. The lowest BCUT2D eigenvalue weighted by molar-refractivity contribution is -0.137. The van der Waals surface area contributed by atoms with Crippen molar-refractivity contribution in [1.29, 1.82) is 0 Å². The largest absolute Gasteiger partial charge is 0.416 e. The molecule has 2 rings (SSSR count). The Balaban J connectivity index is 2.63. The predicted octanol–water partition coefficient (Wildman–Crippen LogP) is 2.59. The van der Waals surface area contributed by atoms with E-state index < -0.39 is 11.7 Å². The lowest BCUT2D eigenvalue weighted by atomic mass is 10.1. The van der Waals surface area contributed by atoms with Gasteiger partial charge in [0.05, 0.1) is 17.3 Å². The highest BCUT2D eigenvalue weighted by Crippen LogP contribution is 2.31. The molecule has 74 valence electrons. The van der Waals surface area contributed by atoms with Crippen LogP contribution in [0.3, 0.4) is 0 Å². The van der Waals surface area contributed by atoms with Crippen LogP contribution in [0.4, 0.5) is 13.2 Å². The van der Waals surface area contributed by atoms with E-state index in [9.17, 15) is 13.2 Å². The summed E-state index contributed by atoms with van der Waals surface area (Å²) in [6.45, 7) is 0. The molecule has 0 bridgehead atoms. The molecule has 0 aliphatic heterocycles. The SMILES string of the molecule is Cn1ncc2cc(C(F)(F)F)ccc21. The summed E-state index contributed by atoms with van der Waals surface area (Å²) >= 11 is 0. The van der Waals surface area contributed by atoms with Crippen molar-refractivity contribution in [2.75, 3.05) is 0 Å². The van der Waals surface area contributed by atoms with Crippen LogP contribution in [0.5, 0.6) is 0 Å². The second kappa shape index (κ2) is 2.73. The molecule has 0 N–H and O–H groups in total. The van der Waals surface area contributed by atoms with Crippen molar-refractivity contribution in [3.05, 3.63) is 30.0 Å². The number of halogens is 3. The highest BCUT2D eigenvalue weighted by atomic mass is 19.4. The average Bonchev–Trinajstić information content (AvgIpc) is 2.46. The molecule has 2 aromatic rings. The van der Waals surface area contributed by atoms with Crippen molar-refractivity contribution in [2.45, 2.75) is 6.18 Å². The molecule has 14 heavy (non-hydrogen) atoms. The highest BCUT2D eigenvalue weighted by Gasteiger charge is 2.30. The van der Waals surface area contributed by atoms with Gasteiger partial charge in [-0.2, -0.15) is 18.3 Å². The average molecular weight is 200 g/mol. The normalized spacial score (nSPS) is 12.3. The van der Waals surface area contributed by atoms with Crippen LogP contribution in [-0.4, -0.2) is 9.78 Å². The maximum absolute atomic E-state index is 12.3. The molecule has 1 aromatic heterocycles. The van der Waals surface area contributed by atoms with Crippen molar-refractivity contribution in [3.8, 4) is 0 Å². The van der Waals surface area contributed by atoms with Crippen LogP contribution in [0.1, 0.15) is 5.56 Å². The van der Waals surface area contributed by atoms with Gasteiger partial charge in [0.2, 0.25) is 0 Å². The molecule has 0 aliphatic rings. The maximum atomic E-state index is 12.3. The first-order valence-electron chi connectivity index (χ1n) is 3.97. The summed E-state index contributed by atoms with van der Waals surface area (Å²) in [4.78, 5) is 0. The molecule has 1 aromatic carbocycles. The molecule has 5 heteroatoms. The number of aromatic nitrogens is 2. The zero-order valence-corrected chi connectivity index (χ0v) is 7.34. The van der Waals surface area contributed by atoms with Gasteiger partial charge in [-0.3, -0.25) is 4.68 Å². The third kappa shape index (κ3) is 1.34. The van der Waals surface area contributed by atoms with Crippen molar-refractivity contribution in [1.82, 2.24) is 9.78 Å².